The van der Waals surface area contributed by atoms with E-state index >= 15 is 0 Å². The topological polar surface area (TPSA) is 67.4 Å². The molecule has 0 aliphatic carbocycles. The molecule has 0 aliphatic heterocycles. The molecule has 2 amide bonds. The third-order valence-electron chi connectivity index (χ3n) is 3.94. The van der Waals surface area contributed by atoms with Crippen LogP contribution in [-0.2, 0) is 11.2 Å². The van der Waals surface area contributed by atoms with Crippen molar-refractivity contribution >= 4 is 17.5 Å². The maximum absolute atomic E-state index is 12.4. The molecule has 5 nitrogen and oxygen atoms in total. The number of nitrogens with one attached hydrogen (secondary N) is 2. The Morgan fingerprint density at radius 3 is 2.46 bits per heavy atom. The summed E-state index contributed by atoms with van der Waals surface area (Å²) in [4.78, 5) is 24.4. The van der Waals surface area contributed by atoms with E-state index in [2.05, 4.69) is 17.6 Å². The van der Waals surface area contributed by atoms with E-state index in [1.165, 1.54) is 5.56 Å². The Balaban J connectivity index is 1.96. The number of hydrogen-bond donors (Lipinski definition) is 2. The Labute approximate surface area is 154 Å². The van der Waals surface area contributed by atoms with E-state index in [4.69, 9.17) is 4.74 Å². The van der Waals surface area contributed by atoms with Crippen molar-refractivity contribution in [3.05, 3.63) is 59.7 Å². The van der Waals surface area contributed by atoms with Gasteiger partial charge in [0.15, 0.2) is 6.10 Å². The van der Waals surface area contributed by atoms with E-state index in [0.29, 0.717) is 23.5 Å². The van der Waals surface area contributed by atoms with Crippen LogP contribution in [0.15, 0.2) is 48.5 Å². The van der Waals surface area contributed by atoms with Gasteiger partial charge in [0, 0.05) is 17.8 Å². The summed E-state index contributed by atoms with van der Waals surface area (Å²) in [5.41, 5.74) is 2.29. The Hall–Kier alpha value is -2.82. The number of carbonyl (C=O) groups excluding carboxylic acids is 2. The second-order valence-electron chi connectivity index (χ2n) is 6.08. The van der Waals surface area contributed by atoms with E-state index in [9.17, 15) is 9.59 Å². The molecule has 0 saturated heterocycles. The van der Waals surface area contributed by atoms with Crippen molar-refractivity contribution in [3.63, 3.8) is 0 Å². The molecular formula is C21H26N2O3. The van der Waals surface area contributed by atoms with Gasteiger partial charge >= 0.3 is 0 Å². The molecule has 0 saturated carbocycles. The first-order valence-electron chi connectivity index (χ1n) is 8.98. The van der Waals surface area contributed by atoms with E-state index in [0.717, 1.165) is 12.8 Å². The lowest BCUT2D eigenvalue weighted by atomic mass is 10.1. The van der Waals surface area contributed by atoms with Crippen LogP contribution in [0.25, 0.3) is 0 Å². The van der Waals surface area contributed by atoms with Crippen LogP contribution in [-0.4, -0.2) is 24.5 Å². The summed E-state index contributed by atoms with van der Waals surface area (Å²) in [6, 6.07) is 14.6. The Morgan fingerprint density at radius 1 is 1.08 bits per heavy atom. The van der Waals surface area contributed by atoms with Crippen molar-refractivity contribution in [2.75, 3.05) is 11.9 Å². The standard InChI is InChI=1S/C21H26N2O3/c1-4-13-22-21(25)17-7-6-8-18(14-17)23-20(24)15(3)26-19-11-9-16(5-2)10-12-19/h6-12,14-15H,4-5,13H2,1-3H3,(H,22,25)(H,23,24). The van der Waals surface area contributed by atoms with Crippen molar-refractivity contribution < 1.29 is 14.3 Å². The van der Waals surface area contributed by atoms with Crippen LogP contribution in [0, 0.1) is 0 Å². The van der Waals surface area contributed by atoms with Gasteiger partial charge in [-0.1, -0.05) is 32.0 Å². The summed E-state index contributed by atoms with van der Waals surface area (Å²) in [5.74, 6) is 0.233. The molecule has 0 heterocycles. The molecule has 2 rings (SSSR count). The first-order valence-corrected chi connectivity index (χ1v) is 8.98. The Morgan fingerprint density at radius 2 is 1.81 bits per heavy atom. The van der Waals surface area contributed by atoms with Crippen molar-refractivity contribution in [2.45, 2.75) is 39.7 Å². The minimum atomic E-state index is -0.653. The van der Waals surface area contributed by atoms with Gasteiger partial charge in [-0.3, -0.25) is 9.59 Å². The van der Waals surface area contributed by atoms with Crippen LogP contribution in [0.5, 0.6) is 5.75 Å². The van der Waals surface area contributed by atoms with Gasteiger partial charge < -0.3 is 15.4 Å². The van der Waals surface area contributed by atoms with E-state index in [-0.39, 0.29) is 11.8 Å². The number of hydrogen-bond acceptors (Lipinski definition) is 3. The molecule has 5 heteroatoms. The lowest BCUT2D eigenvalue weighted by Gasteiger charge is -2.15. The maximum Gasteiger partial charge on any atom is 0.265 e. The molecule has 0 spiro atoms. The van der Waals surface area contributed by atoms with Crippen LogP contribution in [0.3, 0.4) is 0 Å². The zero-order valence-corrected chi connectivity index (χ0v) is 15.5. The second kappa shape index (κ2) is 9.61. The smallest absolute Gasteiger partial charge is 0.265 e. The number of ether oxygens (including phenoxy) is 1. The highest BCUT2D eigenvalue weighted by atomic mass is 16.5. The van der Waals surface area contributed by atoms with Crippen molar-refractivity contribution in [3.8, 4) is 5.75 Å². The quantitative estimate of drug-likeness (QED) is 0.758. The largest absolute Gasteiger partial charge is 0.481 e. The minimum Gasteiger partial charge on any atom is -0.481 e. The first-order chi connectivity index (χ1) is 12.5. The molecule has 26 heavy (non-hydrogen) atoms. The highest BCUT2D eigenvalue weighted by Gasteiger charge is 2.15. The van der Waals surface area contributed by atoms with Gasteiger partial charge in [0.2, 0.25) is 0 Å². The van der Waals surface area contributed by atoms with E-state index < -0.39 is 6.10 Å². The fourth-order valence-electron chi connectivity index (χ4n) is 2.38. The third-order valence-corrected chi connectivity index (χ3v) is 3.94. The fraction of sp³-hybridized carbons (Fsp3) is 0.333. The molecule has 2 aromatic carbocycles. The molecule has 0 aromatic heterocycles. The Kier molecular flexibility index (Phi) is 7.21. The van der Waals surface area contributed by atoms with Gasteiger partial charge in [-0.2, -0.15) is 0 Å². The van der Waals surface area contributed by atoms with E-state index in [1.54, 1.807) is 31.2 Å². The second-order valence-corrected chi connectivity index (χ2v) is 6.08. The predicted octanol–water partition coefficient (Wildman–Crippen LogP) is 3.79. The molecule has 0 fully saturated rings. The van der Waals surface area contributed by atoms with Gasteiger partial charge in [-0.15, -0.1) is 0 Å². The summed E-state index contributed by atoms with van der Waals surface area (Å²) >= 11 is 0. The SMILES string of the molecule is CCCNC(=O)c1cccc(NC(=O)C(C)Oc2ccc(CC)cc2)c1. The Bertz CT molecular complexity index is 741. The van der Waals surface area contributed by atoms with Crippen molar-refractivity contribution in [1.82, 2.24) is 5.32 Å². The van der Waals surface area contributed by atoms with Gasteiger partial charge in [0.05, 0.1) is 0 Å². The molecule has 0 bridgehead atoms. The van der Waals surface area contributed by atoms with Crippen LogP contribution >= 0.6 is 0 Å². The lowest BCUT2D eigenvalue weighted by molar-refractivity contribution is -0.122. The molecule has 1 atom stereocenters. The zero-order valence-electron chi connectivity index (χ0n) is 15.5. The van der Waals surface area contributed by atoms with Crippen LogP contribution < -0.4 is 15.4 Å². The molecule has 2 aromatic rings. The van der Waals surface area contributed by atoms with Crippen LogP contribution in [0.4, 0.5) is 5.69 Å². The van der Waals surface area contributed by atoms with Gasteiger partial charge in [-0.25, -0.2) is 0 Å². The summed E-state index contributed by atoms with van der Waals surface area (Å²) in [7, 11) is 0. The fourth-order valence-corrected chi connectivity index (χ4v) is 2.38. The number of benzene rings is 2. The first kappa shape index (κ1) is 19.5. The van der Waals surface area contributed by atoms with E-state index in [1.807, 2.05) is 31.2 Å². The molecule has 1 unspecified atom stereocenters. The van der Waals surface area contributed by atoms with Gasteiger partial charge in [-0.05, 0) is 55.7 Å². The van der Waals surface area contributed by atoms with Crippen molar-refractivity contribution in [2.24, 2.45) is 0 Å². The monoisotopic (exact) mass is 354 g/mol. The number of rotatable bonds is 8. The average Bonchev–Trinajstić information content (AvgIpc) is 2.66. The number of amides is 2. The predicted molar refractivity (Wildman–Crippen MR) is 104 cm³/mol. The zero-order chi connectivity index (χ0) is 18.9. The number of anilines is 1. The molecular weight excluding hydrogens is 328 g/mol. The highest BCUT2D eigenvalue weighted by Crippen LogP contribution is 2.16. The van der Waals surface area contributed by atoms with Crippen LogP contribution in [0.1, 0.15) is 43.1 Å². The molecule has 0 aliphatic rings. The highest BCUT2D eigenvalue weighted by molar-refractivity contribution is 5.98. The summed E-state index contributed by atoms with van der Waals surface area (Å²) in [5, 5.41) is 5.61. The third kappa shape index (κ3) is 5.62. The van der Waals surface area contributed by atoms with Crippen molar-refractivity contribution in [1.29, 1.82) is 0 Å². The number of carbonyl (C=O) groups is 2. The van der Waals surface area contributed by atoms with Gasteiger partial charge in [0.1, 0.15) is 5.75 Å². The summed E-state index contributed by atoms with van der Waals surface area (Å²) < 4.78 is 5.69. The molecule has 0 radical (unpaired) electrons. The summed E-state index contributed by atoms with van der Waals surface area (Å²) in [6.45, 7) is 6.40. The normalized spacial score (nSPS) is 11.5. The molecule has 2 N–H and O–H groups in total. The number of aryl methyl sites for hydroxylation is 1. The minimum absolute atomic E-state index is 0.150. The maximum atomic E-state index is 12.4. The van der Waals surface area contributed by atoms with Crippen LogP contribution in [0.2, 0.25) is 0 Å². The lowest BCUT2D eigenvalue weighted by Crippen LogP contribution is -2.30. The molecule has 138 valence electrons. The average molecular weight is 354 g/mol. The van der Waals surface area contributed by atoms with Gasteiger partial charge in [0.25, 0.3) is 11.8 Å². The summed E-state index contributed by atoms with van der Waals surface area (Å²) in [6.07, 6.45) is 1.18.